The Morgan fingerprint density at radius 2 is 2.29 bits per heavy atom. The van der Waals surface area contributed by atoms with E-state index >= 15 is 0 Å². The summed E-state index contributed by atoms with van der Waals surface area (Å²) in [6, 6.07) is 0. The standard InChI is InChI=1S/C10H20N2O3S2/c1-8(10(11)16)6-12(2)17(13,14)7-9-4-3-5-15-9/h8-9H,3-7H2,1-2H3,(H2,11,16). The van der Waals surface area contributed by atoms with E-state index in [1.165, 1.54) is 4.31 Å². The first-order valence-electron chi connectivity index (χ1n) is 5.68. The molecule has 0 aliphatic carbocycles. The molecule has 100 valence electrons. The van der Waals surface area contributed by atoms with Crippen LogP contribution in [0, 0.1) is 5.92 Å². The van der Waals surface area contributed by atoms with Gasteiger partial charge in [0, 0.05) is 26.1 Å². The number of rotatable bonds is 6. The Kier molecular flexibility index (Phi) is 5.30. The van der Waals surface area contributed by atoms with Crippen molar-refractivity contribution in [2.45, 2.75) is 25.9 Å². The maximum absolute atomic E-state index is 12.0. The van der Waals surface area contributed by atoms with Gasteiger partial charge >= 0.3 is 0 Å². The van der Waals surface area contributed by atoms with Gasteiger partial charge in [-0.05, 0) is 12.8 Å². The van der Waals surface area contributed by atoms with E-state index in [1.54, 1.807) is 7.05 Å². The molecule has 0 aromatic carbocycles. The highest BCUT2D eigenvalue weighted by molar-refractivity contribution is 7.89. The third kappa shape index (κ3) is 4.50. The van der Waals surface area contributed by atoms with Crippen LogP contribution < -0.4 is 5.73 Å². The highest BCUT2D eigenvalue weighted by Gasteiger charge is 2.27. The predicted octanol–water partition coefficient (Wildman–Crippen LogP) is 0.349. The molecule has 0 radical (unpaired) electrons. The van der Waals surface area contributed by atoms with Gasteiger partial charge < -0.3 is 10.5 Å². The minimum atomic E-state index is -3.28. The zero-order valence-electron chi connectivity index (χ0n) is 10.3. The van der Waals surface area contributed by atoms with Crippen LogP contribution in [0.15, 0.2) is 0 Å². The Bertz CT molecular complexity index is 364. The molecule has 1 heterocycles. The zero-order valence-corrected chi connectivity index (χ0v) is 11.9. The summed E-state index contributed by atoms with van der Waals surface area (Å²) in [7, 11) is -1.72. The fraction of sp³-hybridized carbons (Fsp3) is 0.900. The molecule has 0 aromatic rings. The average Bonchev–Trinajstić information content (AvgIpc) is 2.69. The van der Waals surface area contributed by atoms with Crippen molar-refractivity contribution in [1.82, 2.24) is 4.31 Å². The second-order valence-electron chi connectivity index (χ2n) is 4.50. The van der Waals surface area contributed by atoms with Crippen LogP contribution in [0.1, 0.15) is 19.8 Å². The lowest BCUT2D eigenvalue weighted by Crippen LogP contribution is -2.39. The van der Waals surface area contributed by atoms with E-state index in [2.05, 4.69) is 0 Å². The lowest BCUT2D eigenvalue weighted by molar-refractivity contribution is 0.126. The maximum atomic E-state index is 12.0. The first-order valence-corrected chi connectivity index (χ1v) is 7.69. The second kappa shape index (κ2) is 6.08. The van der Waals surface area contributed by atoms with Gasteiger partial charge in [-0.15, -0.1) is 0 Å². The molecule has 1 rings (SSSR count). The van der Waals surface area contributed by atoms with Crippen LogP contribution >= 0.6 is 12.2 Å². The highest BCUT2D eigenvalue weighted by atomic mass is 32.2. The first kappa shape index (κ1) is 14.8. The van der Waals surface area contributed by atoms with Crippen LogP contribution in [0.5, 0.6) is 0 Å². The van der Waals surface area contributed by atoms with Gasteiger partial charge in [0.25, 0.3) is 0 Å². The number of thiocarbonyl (C=S) groups is 1. The summed E-state index contributed by atoms with van der Waals surface area (Å²) in [5, 5.41) is 0. The molecule has 1 fully saturated rings. The van der Waals surface area contributed by atoms with E-state index in [9.17, 15) is 8.42 Å². The predicted molar refractivity (Wildman–Crippen MR) is 71.3 cm³/mol. The summed E-state index contributed by atoms with van der Waals surface area (Å²) < 4.78 is 30.7. The second-order valence-corrected chi connectivity index (χ2v) is 7.09. The number of hydrogen-bond acceptors (Lipinski definition) is 4. The summed E-state index contributed by atoms with van der Waals surface area (Å²) in [5.74, 6) is -0.0673. The zero-order chi connectivity index (χ0) is 13.1. The van der Waals surface area contributed by atoms with Crippen molar-refractivity contribution in [3.8, 4) is 0 Å². The molecule has 1 aliphatic heterocycles. The van der Waals surface area contributed by atoms with Gasteiger partial charge in [-0.2, -0.15) is 0 Å². The Balaban J connectivity index is 2.53. The van der Waals surface area contributed by atoms with Crippen LogP contribution in [0.2, 0.25) is 0 Å². The van der Waals surface area contributed by atoms with Gasteiger partial charge in [0.05, 0.1) is 16.8 Å². The third-order valence-electron chi connectivity index (χ3n) is 2.91. The SMILES string of the molecule is CC(CN(C)S(=O)(=O)CC1CCCO1)C(N)=S. The summed E-state index contributed by atoms with van der Waals surface area (Å²) >= 11 is 4.83. The van der Waals surface area contributed by atoms with Gasteiger partial charge in [-0.3, -0.25) is 0 Å². The van der Waals surface area contributed by atoms with Crippen molar-refractivity contribution < 1.29 is 13.2 Å². The lowest BCUT2D eigenvalue weighted by atomic mass is 10.2. The topological polar surface area (TPSA) is 72.6 Å². The van der Waals surface area contributed by atoms with Gasteiger partial charge in [-0.25, -0.2) is 12.7 Å². The largest absolute Gasteiger partial charge is 0.393 e. The summed E-state index contributed by atoms with van der Waals surface area (Å²) in [4.78, 5) is 0.337. The van der Waals surface area contributed by atoms with Crippen LogP contribution in [0.3, 0.4) is 0 Å². The minimum absolute atomic E-state index is 0.0492. The van der Waals surface area contributed by atoms with Gasteiger partial charge in [-0.1, -0.05) is 19.1 Å². The number of hydrogen-bond donors (Lipinski definition) is 1. The smallest absolute Gasteiger partial charge is 0.216 e. The molecule has 2 unspecified atom stereocenters. The van der Waals surface area contributed by atoms with Crippen LogP contribution in [-0.4, -0.2) is 49.8 Å². The molecule has 5 nitrogen and oxygen atoms in total. The van der Waals surface area contributed by atoms with Gasteiger partial charge in [0.15, 0.2) is 0 Å². The maximum Gasteiger partial charge on any atom is 0.216 e. The lowest BCUT2D eigenvalue weighted by Gasteiger charge is -2.22. The first-order chi connectivity index (χ1) is 7.83. The summed E-state index contributed by atoms with van der Waals surface area (Å²) in [6.45, 7) is 2.80. The number of sulfonamides is 1. The molecule has 2 atom stereocenters. The third-order valence-corrected chi connectivity index (χ3v) is 5.21. The summed E-state index contributed by atoms with van der Waals surface area (Å²) in [5.41, 5.74) is 5.48. The van der Waals surface area contributed by atoms with E-state index in [0.29, 0.717) is 18.1 Å². The van der Waals surface area contributed by atoms with Crippen LogP contribution in [-0.2, 0) is 14.8 Å². The molecule has 0 bridgehead atoms. The average molecular weight is 280 g/mol. The Hall–Kier alpha value is -0.240. The molecule has 7 heteroatoms. The fourth-order valence-corrected chi connectivity index (χ4v) is 3.24. The van der Waals surface area contributed by atoms with Crippen LogP contribution in [0.4, 0.5) is 0 Å². The van der Waals surface area contributed by atoms with Crippen molar-refractivity contribution in [2.75, 3.05) is 26.0 Å². The normalized spacial score (nSPS) is 22.9. The molecule has 2 N–H and O–H groups in total. The van der Waals surface area contributed by atoms with Crippen molar-refractivity contribution in [1.29, 1.82) is 0 Å². The van der Waals surface area contributed by atoms with Gasteiger partial charge in [0.1, 0.15) is 0 Å². The van der Waals surface area contributed by atoms with Crippen LogP contribution in [0.25, 0.3) is 0 Å². The Morgan fingerprint density at radius 3 is 2.76 bits per heavy atom. The minimum Gasteiger partial charge on any atom is -0.393 e. The molecule has 17 heavy (non-hydrogen) atoms. The number of ether oxygens (including phenoxy) is 1. The molecule has 0 saturated carbocycles. The molecule has 1 aliphatic rings. The van der Waals surface area contributed by atoms with Crippen molar-refractivity contribution in [2.24, 2.45) is 11.7 Å². The van der Waals surface area contributed by atoms with E-state index < -0.39 is 10.0 Å². The number of nitrogens with two attached hydrogens (primary N) is 1. The van der Waals surface area contributed by atoms with E-state index in [1.807, 2.05) is 6.92 Å². The quantitative estimate of drug-likeness (QED) is 0.711. The molecule has 0 amide bonds. The monoisotopic (exact) mass is 280 g/mol. The fourth-order valence-electron chi connectivity index (χ4n) is 1.73. The summed E-state index contributed by atoms with van der Waals surface area (Å²) in [6.07, 6.45) is 1.59. The van der Waals surface area contributed by atoms with E-state index in [-0.39, 0.29) is 17.8 Å². The Labute approximate surface area is 108 Å². The number of nitrogens with zero attached hydrogens (tertiary/aromatic N) is 1. The molecule has 0 aromatic heterocycles. The highest BCUT2D eigenvalue weighted by Crippen LogP contribution is 2.16. The molecule has 0 spiro atoms. The molecule has 1 saturated heterocycles. The van der Waals surface area contributed by atoms with Crippen molar-refractivity contribution in [3.63, 3.8) is 0 Å². The van der Waals surface area contributed by atoms with Gasteiger partial charge in [0.2, 0.25) is 10.0 Å². The molecular weight excluding hydrogens is 260 g/mol. The van der Waals surface area contributed by atoms with E-state index in [4.69, 9.17) is 22.7 Å². The van der Waals surface area contributed by atoms with Crippen molar-refractivity contribution in [3.05, 3.63) is 0 Å². The Morgan fingerprint density at radius 1 is 1.65 bits per heavy atom. The van der Waals surface area contributed by atoms with Crippen molar-refractivity contribution >= 4 is 27.2 Å². The van der Waals surface area contributed by atoms with E-state index in [0.717, 1.165) is 12.8 Å². The molecular formula is C10H20N2O3S2.